The molecule has 0 spiro atoms. The Morgan fingerprint density at radius 1 is 1.03 bits per heavy atom. The summed E-state index contributed by atoms with van der Waals surface area (Å²) < 4.78 is 24.0. The van der Waals surface area contributed by atoms with Crippen molar-refractivity contribution >= 4 is 22.6 Å². The van der Waals surface area contributed by atoms with Crippen molar-refractivity contribution in [2.75, 3.05) is 32.8 Å². The van der Waals surface area contributed by atoms with E-state index in [0.717, 1.165) is 11.1 Å². The topological polar surface area (TPSA) is 96.7 Å². The van der Waals surface area contributed by atoms with Crippen LogP contribution in [0.5, 0.6) is 23.0 Å². The number of benzene rings is 2. The average Bonchev–Trinajstić information content (AvgIpc) is 3.33. The number of nitrogens with zero attached hydrogens (tertiary/aromatic N) is 3. The van der Waals surface area contributed by atoms with Crippen molar-refractivity contribution in [2.45, 2.75) is 26.8 Å². The van der Waals surface area contributed by atoms with Gasteiger partial charge in [0.2, 0.25) is 0 Å². The Balaban J connectivity index is 1.60. The van der Waals surface area contributed by atoms with Crippen LogP contribution in [0.2, 0.25) is 0 Å². The summed E-state index contributed by atoms with van der Waals surface area (Å²) in [5, 5.41) is 8.21. The van der Waals surface area contributed by atoms with Crippen LogP contribution < -0.4 is 24.3 Å². The van der Waals surface area contributed by atoms with Gasteiger partial charge in [-0.3, -0.25) is 4.79 Å². The van der Waals surface area contributed by atoms with E-state index in [0.29, 0.717) is 64.2 Å². The minimum atomic E-state index is -0.278. The van der Waals surface area contributed by atoms with Crippen LogP contribution in [0.25, 0.3) is 22.3 Å². The van der Waals surface area contributed by atoms with Gasteiger partial charge in [-0.2, -0.15) is 5.10 Å². The first-order valence-corrected chi connectivity index (χ1v) is 11.7. The Hall–Kier alpha value is -4.27. The molecular weight excluding hydrogens is 460 g/mol. The summed E-state index contributed by atoms with van der Waals surface area (Å²) in [6.07, 6.45) is 1.69. The lowest BCUT2D eigenvalue weighted by Gasteiger charge is -2.19. The highest BCUT2D eigenvalue weighted by Crippen LogP contribution is 2.36. The Kier molecular flexibility index (Phi) is 6.13. The second kappa shape index (κ2) is 9.41. The van der Waals surface area contributed by atoms with Gasteiger partial charge in [0.05, 0.1) is 37.1 Å². The molecule has 9 heteroatoms. The number of amides is 1. The van der Waals surface area contributed by atoms with Crippen LogP contribution in [-0.4, -0.2) is 48.1 Å². The van der Waals surface area contributed by atoms with Gasteiger partial charge in [-0.15, -0.1) is 0 Å². The van der Waals surface area contributed by atoms with Gasteiger partial charge in [-0.1, -0.05) is 0 Å². The molecule has 1 N–H and O–H groups in total. The maximum atomic E-state index is 13.6. The first kappa shape index (κ1) is 23.5. The van der Waals surface area contributed by atoms with Crippen LogP contribution >= 0.6 is 0 Å². The van der Waals surface area contributed by atoms with E-state index in [1.807, 2.05) is 49.7 Å². The maximum absolute atomic E-state index is 13.6. The van der Waals surface area contributed by atoms with Gasteiger partial charge >= 0.3 is 0 Å². The lowest BCUT2D eigenvalue weighted by atomic mass is 10.0. The molecule has 1 amide bonds. The molecule has 2 aromatic heterocycles. The molecule has 0 atom stereocenters. The summed E-state index contributed by atoms with van der Waals surface area (Å²) in [6, 6.07) is 11.1. The smallest absolute Gasteiger partial charge is 0.256 e. The number of pyridine rings is 1. The zero-order valence-corrected chi connectivity index (χ0v) is 20.9. The standard InChI is InChI=1S/C27H28N4O5/c1-15(2)31-26-19(14-28-31)18(27(32)30-20-13-24(34-5)23(33-4)10-16(20)3)12-21(29-26)17-6-7-22-25(11-17)36-9-8-35-22/h6-7,10-15H,8-9H2,1-5H3,(H,30,32). The minimum absolute atomic E-state index is 0.0644. The summed E-state index contributed by atoms with van der Waals surface area (Å²) in [7, 11) is 3.14. The molecule has 0 bridgehead atoms. The van der Waals surface area contributed by atoms with Crippen molar-refractivity contribution in [1.82, 2.24) is 14.8 Å². The molecule has 0 saturated carbocycles. The van der Waals surface area contributed by atoms with E-state index < -0.39 is 0 Å². The molecule has 36 heavy (non-hydrogen) atoms. The molecule has 4 aromatic rings. The van der Waals surface area contributed by atoms with Crippen molar-refractivity contribution in [3.63, 3.8) is 0 Å². The van der Waals surface area contributed by atoms with E-state index in [4.69, 9.17) is 23.9 Å². The van der Waals surface area contributed by atoms with Crippen LogP contribution in [0, 0.1) is 6.92 Å². The van der Waals surface area contributed by atoms with Gasteiger partial charge in [0.25, 0.3) is 5.91 Å². The van der Waals surface area contributed by atoms with E-state index in [1.165, 1.54) is 0 Å². The number of hydrogen-bond donors (Lipinski definition) is 1. The molecule has 0 fully saturated rings. The largest absolute Gasteiger partial charge is 0.493 e. The molecule has 3 heterocycles. The number of carbonyl (C=O) groups is 1. The third kappa shape index (κ3) is 4.17. The SMILES string of the molecule is COc1cc(C)c(NC(=O)c2cc(-c3ccc4c(c3)OCCO4)nc3c2cnn3C(C)C)cc1OC. The summed E-state index contributed by atoms with van der Waals surface area (Å²) in [4.78, 5) is 18.5. The maximum Gasteiger partial charge on any atom is 0.256 e. The number of rotatable bonds is 6. The van der Waals surface area contributed by atoms with Gasteiger partial charge in [0, 0.05) is 23.4 Å². The molecule has 0 radical (unpaired) electrons. The van der Waals surface area contributed by atoms with E-state index >= 15 is 0 Å². The second-order valence-electron chi connectivity index (χ2n) is 8.81. The second-order valence-corrected chi connectivity index (χ2v) is 8.81. The monoisotopic (exact) mass is 488 g/mol. The fourth-order valence-electron chi connectivity index (χ4n) is 4.24. The number of nitrogens with one attached hydrogen (secondary N) is 1. The molecule has 0 unspecified atom stereocenters. The van der Waals surface area contributed by atoms with Crippen molar-refractivity contribution in [3.8, 4) is 34.3 Å². The highest BCUT2D eigenvalue weighted by molar-refractivity contribution is 6.13. The Morgan fingerprint density at radius 3 is 2.47 bits per heavy atom. The quantitative estimate of drug-likeness (QED) is 0.407. The number of aryl methyl sites for hydroxylation is 1. The number of hydrogen-bond acceptors (Lipinski definition) is 7. The molecule has 2 aromatic carbocycles. The number of methoxy groups -OCH3 is 2. The number of aromatic nitrogens is 3. The zero-order chi connectivity index (χ0) is 25.4. The van der Waals surface area contributed by atoms with E-state index in [-0.39, 0.29) is 11.9 Å². The van der Waals surface area contributed by atoms with Gasteiger partial charge < -0.3 is 24.3 Å². The molecule has 9 nitrogen and oxygen atoms in total. The lowest BCUT2D eigenvalue weighted by Crippen LogP contribution is -2.15. The molecule has 0 saturated heterocycles. The number of fused-ring (bicyclic) bond motifs is 2. The molecule has 5 rings (SSSR count). The minimum Gasteiger partial charge on any atom is -0.493 e. The summed E-state index contributed by atoms with van der Waals surface area (Å²) >= 11 is 0. The van der Waals surface area contributed by atoms with E-state index in [2.05, 4.69) is 10.4 Å². The third-order valence-corrected chi connectivity index (χ3v) is 6.12. The fraction of sp³-hybridized carbons (Fsp3) is 0.296. The Bertz CT molecular complexity index is 1460. The Labute approximate surface area is 208 Å². The normalized spacial score (nSPS) is 12.6. The molecule has 186 valence electrons. The highest BCUT2D eigenvalue weighted by atomic mass is 16.6. The van der Waals surface area contributed by atoms with Gasteiger partial charge in [0.1, 0.15) is 13.2 Å². The van der Waals surface area contributed by atoms with Crippen molar-refractivity contribution in [1.29, 1.82) is 0 Å². The van der Waals surface area contributed by atoms with Crippen molar-refractivity contribution < 1.29 is 23.7 Å². The summed E-state index contributed by atoms with van der Waals surface area (Å²) in [5.41, 5.74) is 4.01. The van der Waals surface area contributed by atoms with Crippen LogP contribution in [0.15, 0.2) is 42.6 Å². The molecule has 1 aliphatic heterocycles. The Morgan fingerprint density at radius 2 is 1.75 bits per heavy atom. The third-order valence-electron chi connectivity index (χ3n) is 6.12. The lowest BCUT2D eigenvalue weighted by molar-refractivity contribution is 0.102. The van der Waals surface area contributed by atoms with Crippen LogP contribution in [-0.2, 0) is 0 Å². The number of anilines is 1. The molecule has 0 aliphatic carbocycles. The predicted molar refractivity (Wildman–Crippen MR) is 137 cm³/mol. The van der Waals surface area contributed by atoms with Crippen LogP contribution in [0.1, 0.15) is 35.8 Å². The van der Waals surface area contributed by atoms with Crippen LogP contribution in [0.3, 0.4) is 0 Å². The van der Waals surface area contributed by atoms with Gasteiger partial charge in [0.15, 0.2) is 28.6 Å². The molecular formula is C27H28N4O5. The fourth-order valence-corrected chi connectivity index (χ4v) is 4.24. The highest BCUT2D eigenvalue weighted by Gasteiger charge is 2.21. The predicted octanol–water partition coefficient (Wildman–Crippen LogP) is 5.03. The van der Waals surface area contributed by atoms with Gasteiger partial charge in [-0.05, 0) is 56.7 Å². The first-order valence-electron chi connectivity index (χ1n) is 11.7. The van der Waals surface area contributed by atoms with Crippen molar-refractivity contribution in [2.24, 2.45) is 0 Å². The van der Waals surface area contributed by atoms with Crippen molar-refractivity contribution in [3.05, 3.63) is 53.7 Å². The van der Waals surface area contributed by atoms with E-state index in [9.17, 15) is 4.79 Å². The van der Waals surface area contributed by atoms with Crippen LogP contribution in [0.4, 0.5) is 5.69 Å². The van der Waals surface area contributed by atoms with E-state index in [1.54, 1.807) is 32.5 Å². The summed E-state index contributed by atoms with van der Waals surface area (Å²) in [5.74, 6) is 2.20. The zero-order valence-electron chi connectivity index (χ0n) is 20.9. The number of carbonyl (C=O) groups excluding carboxylic acids is 1. The molecule has 1 aliphatic rings. The average molecular weight is 489 g/mol. The summed E-state index contributed by atoms with van der Waals surface area (Å²) in [6.45, 7) is 6.96. The number of ether oxygens (including phenoxy) is 4. The first-order chi connectivity index (χ1) is 17.4. The van der Waals surface area contributed by atoms with Gasteiger partial charge in [-0.25, -0.2) is 9.67 Å².